The Bertz CT molecular complexity index is 3050. The summed E-state index contributed by atoms with van der Waals surface area (Å²) in [5, 5.41) is 162. The second-order valence-electron chi connectivity index (χ2n) is 23.9. The number of methoxy groups -OCH3 is 6. The highest BCUT2D eigenvalue weighted by atomic mass is 16.6. The molecule has 4 aromatic rings. The number of likely N-dealkylation sites (N-methyl/N-ethyl adjacent to an activating group) is 2. The molecule has 0 unspecified atom stereocenters. The number of piperidine rings is 2. The Morgan fingerprint density at radius 1 is 0.402 bits per heavy atom. The standard InChI is InChI=1S/4C11H18N4O4.2C8H17NO4/c2*1-6(12-2)10-13-5-15(14-10)11-8(17)9(18-3)7(4-16)19-11;1-6(12-2)10-13-5-15(14-10)11-9(17)8(16)7(19-11)4-18-3;1-6(12-2)10-13-5-15(14-10)11-9(18-3)8(17)7(4-16)19-11;1-9-3-6(10)8(12)7(11)5(9)4-13-2;1-9-3-6(13-2)8(12)7(11)5(9)4-10/h4*5,7-9,11-12,16-17H,1,4H2,2-3H3;2*5-8,10-12H,3-4H2,1-2H3/t4*7-,8-,9-,11-;2*5-,6+,7-,8-/m100111/s1. The summed E-state index contributed by atoms with van der Waals surface area (Å²) in [7, 11) is 19.3. The zero-order valence-corrected chi connectivity index (χ0v) is 59.3. The van der Waals surface area contributed by atoms with Crippen molar-refractivity contribution in [3.8, 4) is 0 Å². The van der Waals surface area contributed by atoms with Crippen molar-refractivity contribution in [2.45, 2.75) is 147 Å². The van der Waals surface area contributed by atoms with Crippen molar-refractivity contribution in [2.24, 2.45) is 0 Å². The smallest absolute Gasteiger partial charge is 0.196 e. The molecule has 24 atom stereocenters. The van der Waals surface area contributed by atoms with Gasteiger partial charge in [0.2, 0.25) is 0 Å². The van der Waals surface area contributed by atoms with Gasteiger partial charge in [0.25, 0.3) is 0 Å². The van der Waals surface area contributed by atoms with Crippen molar-refractivity contribution in [1.82, 2.24) is 90.1 Å². The number of aliphatic hydroxyl groups is 14. The quantitative estimate of drug-likeness (QED) is 0.0310. The average Bonchev–Trinajstić information content (AvgIpc) is 1.56. The Labute approximate surface area is 589 Å². The van der Waals surface area contributed by atoms with E-state index in [1.165, 1.54) is 86.7 Å². The van der Waals surface area contributed by atoms with Crippen molar-refractivity contribution in [2.75, 3.05) is 138 Å². The minimum atomic E-state index is -1.09. The molecule has 42 heteroatoms. The third-order valence-corrected chi connectivity index (χ3v) is 17.5. The first-order valence-corrected chi connectivity index (χ1v) is 32.1. The molecular weight excluding hydrogens is 1360 g/mol. The van der Waals surface area contributed by atoms with Gasteiger partial charge in [0.1, 0.15) is 123 Å². The normalized spacial score (nSPS) is 33.5. The number of nitrogens with one attached hydrogen (secondary N) is 4. The van der Waals surface area contributed by atoms with Crippen molar-refractivity contribution in [3.63, 3.8) is 0 Å². The zero-order chi connectivity index (χ0) is 76.0. The van der Waals surface area contributed by atoms with Gasteiger partial charge in [-0.25, -0.2) is 38.7 Å². The van der Waals surface area contributed by atoms with Gasteiger partial charge in [-0.2, -0.15) is 0 Å². The maximum Gasteiger partial charge on any atom is 0.196 e. The molecule has 18 N–H and O–H groups in total. The lowest BCUT2D eigenvalue weighted by molar-refractivity contribution is -0.148. The van der Waals surface area contributed by atoms with Gasteiger partial charge in [0.05, 0.1) is 86.7 Å². The number of nitrogens with zero attached hydrogens (tertiary/aromatic N) is 14. The molecule has 6 saturated heterocycles. The van der Waals surface area contributed by atoms with Gasteiger partial charge in [-0.1, -0.05) is 26.3 Å². The van der Waals surface area contributed by atoms with Gasteiger partial charge >= 0.3 is 0 Å². The SMILES string of the molecule is C=C(NC)c1ncn([C@@H]2O[C@H](CO)[C@@H](O)[C@H]2OC)n1.C=C(NC)c1ncn([C@@H]2O[C@H](CO)[C@@H](OC)[C@H]2O)n1.C=C(NC)c1ncn([C@H]2O[C@@H](CO)[C@H](OC)[C@@H]2O)n1.C=C(NC)c1ncn([C@H]2O[C@@H](COC)[C@H](O)[C@@H]2O)n1.COC[C@@H]1[C@@H](O)[C@H](O)[C@@H](O)CN1C.CO[C@H]1CN(C)[C@H](CO)[C@@H](O)[C@@H]1O. The molecule has 10 rings (SSSR count). The first kappa shape index (κ1) is 86.3. The van der Waals surface area contributed by atoms with Crippen LogP contribution in [0.2, 0.25) is 0 Å². The molecule has 0 spiro atoms. The highest BCUT2D eigenvalue weighted by Gasteiger charge is 2.49. The van der Waals surface area contributed by atoms with Crippen molar-refractivity contribution in [3.05, 3.63) is 74.9 Å². The van der Waals surface area contributed by atoms with E-state index in [-0.39, 0.29) is 45.2 Å². The molecule has 0 aromatic carbocycles. The van der Waals surface area contributed by atoms with Gasteiger partial charge < -0.3 is 140 Å². The van der Waals surface area contributed by atoms with Gasteiger partial charge in [-0.15, -0.1) is 20.4 Å². The van der Waals surface area contributed by atoms with Crippen molar-refractivity contribution < 1.29 is 119 Å². The first-order chi connectivity index (χ1) is 48.6. The van der Waals surface area contributed by atoms with Gasteiger partial charge in [-0.3, -0.25) is 9.80 Å². The second-order valence-corrected chi connectivity index (χ2v) is 23.9. The minimum Gasteiger partial charge on any atom is -0.395 e. The molecule has 0 saturated carbocycles. The molecular formula is C60H106N18O24. The van der Waals surface area contributed by atoms with E-state index in [9.17, 15) is 61.3 Å². The third kappa shape index (κ3) is 21.0. The Morgan fingerprint density at radius 3 is 1.10 bits per heavy atom. The number of aromatic nitrogens is 12. The average molecular weight is 1460 g/mol. The number of ether oxygens (including phenoxy) is 10. The Hall–Kier alpha value is -6.32. The lowest BCUT2D eigenvalue weighted by Gasteiger charge is -2.42. The summed E-state index contributed by atoms with van der Waals surface area (Å²) in [4.78, 5) is 19.8. The second kappa shape index (κ2) is 41.4. The number of aliphatic hydroxyl groups excluding tert-OH is 14. The fourth-order valence-electron chi connectivity index (χ4n) is 11.3. The van der Waals surface area contributed by atoms with E-state index >= 15 is 0 Å². The predicted octanol–water partition coefficient (Wildman–Crippen LogP) is -9.01. The Balaban J connectivity index is 0.000000222. The van der Waals surface area contributed by atoms with Crippen LogP contribution in [0.3, 0.4) is 0 Å². The van der Waals surface area contributed by atoms with Crippen LogP contribution >= 0.6 is 0 Å². The van der Waals surface area contributed by atoms with Crippen molar-refractivity contribution >= 4 is 22.8 Å². The molecule has 0 bridgehead atoms. The van der Waals surface area contributed by atoms with Crippen LogP contribution in [-0.4, -0.2) is 400 Å². The summed E-state index contributed by atoms with van der Waals surface area (Å²) in [6, 6.07) is -0.648. The van der Waals surface area contributed by atoms with Crippen LogP contribution in [0.1, 0.15) is 48.2 Å². The topological polar surface area (TPSA) is 553 Å². The summed E-state index contributed by atoms with van der Waals surface area (Å²) in [6.07, 6.45) is -11.5. The predicted molar refractivity (Wildman–Crippen MR) is 356 cm³/mol. The summed E-state index contributed by atoms with van der Waals surface area (Å²) in [5.41, 5.74) is 2.26. The van der Waals surface area contributed by atoms with E-state index in [1.807, 2.05) is 0 Å². The summed E-state index contributed by atoms with van der Waals surface area (Å²) in [6.45, 7) is 15.5. The van der Waals surface area contributed by atoms with E-state index in [0.717, 1.165) is 0 Å². The summed E-state index contributed by atoms with van der Waals surface area (Å²) >= 11 is 0. The zero-order valence-electron chi connectivity index (χ0n) is 59.3. The van der Waals surface area contributed by atoms with Crippen LogP contribution in [0.5, 0.6) is 0 Å². The molecule has 0 amide bonds. The highest BCUT2D eigenvalue weighted by molar-refractivity contribution is 5.55. The van der Waals surface area contributed by atoms with Crippen LogP contribution in [0, 0.1) is 0 Å². The molecule has 10 heterocycles. The largest absolute Gasteiger partial charge is 0.395 e. The molecule has 0 aliphatic carbocycles. The Kier molecular flexibility index (Phi) is 35.0. The highest BCUT2D eigenvalue weighted by Crippen LogP contribution is 2.34. The first-order valence-electron chi connectivity index (χ1n) is 32.1. The molecule has 580 valence electrons. The van der Waals surface area contributed by atoms with Crippen molar-refractivity contribution in [1.29, 1.82) is 0 Å². The number of rotatable bonds is 24. The lowest BCUT2D eigenvalue weighted by atomic mass is 9.95. The van der Waals surface area contributed by atoms with Crippen LogP contribution in [0.15, 0.2) is 51.6 Å². The van der Waals surface area contributed by atoms with E-state index in [4.69, 9.17) is 57.6 Å². The fraction of sp³-hybridized carbons (Fsp3) is 0.733. The molecule has 102 heavy (non-hydrogen) atoms. The van der Waals surface area contributed by atoms with E-state index in [0.29, 0.717) is 65.8 Å². The van der Waals surface area contributed by atoms with E-state index in [1.54, 1.807) is 52.1 Å². The molecule has 0 radical (unpaired) electrons. The summed E-state index contributed by atoms with van der Waals surface area (Å²) in [5.74, 6) is 1.67. The van der Waals surface area contributed by atoms with Crippen LogP contribution in [0.25, 0.3) is 22.8 Å². The fourth-order valence-corrected chi connectivity index (χ4v) is 11.3. The molecule has 42 nitrogen and oxygen atoms in total. The lowest BCUT2D eigenvalue weighted by Crippen LogP contribution is -2.61. The number of likely N-dealkylation sites (tertiary alicyclic amines) is 2. The monoisotopic (exact) mass is 1460 g/mol. The maximum absolute atomic E-state index is 10.1. The third-order valence-electron chi connectivity index (χ3n) is 17.5. The molecule has 4 aromatic heterocycles. The number of hydrogen-bond acceptors (Lipinski definition) is 38. The number of β-amino-alcohol motifs (C(OH)–C–C–N with tert-alkyl or cyclic N) is 1. The maximum atomic E-state index is 10.1. The van der Waals surface area contributed by atoms with Crippen LogP contribution in [-0.2, 0) is 47.4 Å². The van der Waals surface area contributed by atoms with Crippen LogP contribution < -0.4 is 21.3 Å². The molecule has 6 aliphatic heterocycles. The molecule has 6 fully saturated rings. The van der Waals surface area contributed by atoms with Crippen LogP contribution in [0.4, 0.5) is 0 Å². The van der Waals surface area contributed by atoms with E-state index < -0.39 is 135 Å². The summed E-state index contributed by atoms with van der Waals surface area (Å²) < 4.78 is 58.0. The van der Waals surface area contributed by atoms with Gasteiger partial charge in [0.15, 0.2) is 48.2 Å². The van der Waals surface area contributed by atoms with Gasteiger partial charge in [0, 0.05) is 83.9 Å². The van der Waals surface area contributed by atoms with E-state index in [2.05, 4.69) is 87.9 Å². The molecule has 6 aliphatic rings. The minimum absolute atomic E-state index is 0.162. The Morgan fingerprint density at radius 2 is 0.755 bits per heavy atom. The van der Waals surface area contributed by atoms with Gasteiger partial charge in [-0.05, 0) is 14.1 Å². The number of hydrogen-bond donors (Lipinski definition) is 18.